The van der Waals surface area contributed by atoms with Crippen LogP contribution in [0.1, 0.15) is 24.0 Å². The normalized spacial score (nSPS) is 16.7. The molecular formula is C19H16FN3. The second-order valence-electron chi connectivity index (χ2n) is 5.68. The summed E-state index contributed by atoms with van der Waals surface area (Å²) in [4.78, 5) is 12.0. The van der Waals surface area contributed by atoms with Crippen LogP contribution in [0.5, 0.6) is 0 Å². The molecule has 3 aromatic rings. The molecule has 1 N–H and O–H groups in total. The van der Waals surface area contributed by atoms with E-state index in [1.54, 1.807) is 6.20 Å². The molecule has 1 aliphatic heterocycles. The second kappa shape index (κ2) is 5.80. The van der Waals surface area contributed by atoms with Gasteiger partial charge < -0.3 is 4.98 Å². The Bertz CT molecular complexity index is 907. The summed E-state index contributed by atoms with van der Waals surface area (Å²) in [7, 11) is 0. The molecule has 23 heavy (non-hydrogen) atoms. The minimum atomic E-state index is -0.228. The standard InChI is InChI=1S/C19H16FN3/c20-16-5-6-17-15(12-23-18(17)10-16)9-13-3-2-8-22-19(13)14-4-1-7-21-11-14/h1,4-7,9-12,23H,2-3,8H2. The van der Waals surface area contributed by atoms with Crippen molar-refractivity contribution in [2.75, 3.05) is 6.54 Å². The van der Waals surface area contributed by atoms with E-state index in [0.29, 0.717) is 0 Å². The topological polar surface area (TPSA) is 41.0 Å². The zero-order chi connectivity index (χ0) is 15.6. The molecule has 4 heteroatoms. The zero-order valence-corrected chi connectivity index (χ0v) is 12.6. The molecule has 3 heterocycles. The first-order valence-corrected chi connectivity index (χ1v) is 7.74. The molecule has 0 bridgehead atoms. The van der Waals surface area contributed by atoms with Crippen LogP contribution in [0.2, 0.25) is 0 Å². The summed E-state index contributed by atoms with van der Waals surface area (Å²) >= 11 is 0. The molecule has 3 nitrogen and oxygen atoms in total. The Morgan fingerprint density at radius 2 is 2.17 bits per heavy atom. The van der Waals surface area contributed by atoms with Crippen molar-refractivity contribution in [3.8, 4) is 0 Å². The summed E-state index contributed by atoms with van der Waals surface area (Å²) in [5.74, 6) is -0.228. The maximum Gasteiger partial charge on any atom is 0.125 e. The number of H-pyrrole nitrogens is 1. The van der Waals surface area contributed by atoms with Crippen molar-refractivity contribution in [2.45, 2.75) is 12.8 Å². The highest BCUT2D eigenvalue weighted by atomic mass is 19.1. The van der Waals surface area contributed by atoms with E-state index in [-0.39, 0.29) is 5.82 Å². The minimum absolute atomic E-state index is 0.228. The summed E-state index contributed by atoms with van der Waals surface area (Å²) in [6, 6.07) is 8.80. The van der Waals surface area contributed by atoms with Crippen molar-refractivity contribution < 1.29 is 4.39 Å². The molecule has 0 fully saturated rings. The fraction of sp³-hybridized carbons (Fsp3) is 0.158. The van der Waals surface area contributed by atoms with Crippen LogP contribution in [0.4, 0.5) is 4.39 Å². The molecule has 0 saturated heterocycles. The number of pyridine rings is 1. The van der Waals surface area contributed by atoms with Crippen molar-refractivity contribution in [2.24, 2.45) is 4.99 Å². The molecule has 0 atom stereocenters. The van der Waals surface area contributed by atoms with E-state index in [9.17, 15) is 4.39 Å². The summed E-state index contributed by atoms with van der Waals surface area (Å²) in [5, 5.41) is 1.02. The van der Waals surface area contributed by atoms with Crippen molar-refractivity contribution in [1.82, 2.24) is 9.97 Å². The number of aliphatic imine (C=N–C) groups is 1. The molecule has 2 aromatic heterocycles. The molecule has 4 rings (SSSR count). The number of fused-ring (bicyclic) bond motifs is 1. The van der Waals surface area contributed by atoms with Gasteiger partial charge in [-0.1, -0.05) is 0 Å². The number of nitrogens with zero attached hydrogens (tertiary/aromatic N) is 2. The molecule has 0 aliphatic carbocycles. The van der Waals surface area contributed by atoms with Crippen LogP contribution in [0.3, 0.4) is 0 Å². The van der Waals surface area contributed by atoms with E-state index in [1.165, 1.54) is 17.7 Å². The SMILES string of the molecule is Fc1ccc2c(C=C3CCCN=C3c3cccnc3)c[nH]c2c1. The van der Waals surface area contributed by atoms with Gasteiger partial charge in [-0.05, 0) is 54.8 Å². The second-order valence-corrected chi connectivity index (χ2v) is 5.68. The number of aromatic amines is 1. The van der Waals surface area contributed by atoms with Crippen LogP contribution >= 0.6 is 0 Å². The highest BCUT2D eigenvalue weighted by molar-refractivity contribution is 6.15. The molecule has 1 aliphatic rings. The molecule has 0 spiro atoms. The Hall–Kier alpha value is -2.75. The Balaban J connectivity index is 1.79. The van der Waals surface area contributed by atoms with Crippen LogP contribution in [-0.4, -0.2) is 22.2 Å². The largest absolute Gasteiger partial charge is 0.360 e. The number of nitrogens with one attached hydrogen (secondary N) is 1. The quantitative estimate of drug-likeness (QED) is 0.750. The van der Waals surface area contributed by atoms with Gasteiger partial charge in [-0.15, -0.1) is 0 Å². The van der Waals surface area contributed by atoms with Gasteiger partial charge in [0.05, 0.1) is 5.71 Å². The predicted octanol–water partition coefficient (Wildman–Crippen LogP) is 4.37. The van der Waals surface area contributed by atoms with Gasteiger partial charge in [0.15, 0.2) is 0 Å². The number of rotatable bonds is 2. The van der Waals surface area contributed by atoms with Crippen molar-refractivity contribution >= 4 is 22.7 Å². The Kier molecular flexibility index (Phi) is 3.50. The monoisotopic (exact) mass is 305 g/mol. The lowest BCUT2D eigenvalue weighted by Crippen LogP contribution is -2.11. The van der Waals surface area contributed by atoms with E-state index in [1.807, 2.05) is 30.6 Å². The van der Waals surface area contributed by atoms with Gasteiger partial charge in [-0.3, -0.25) is 9.98 Å². The van der Waals surface area contributed by atoms with Crippen LogP contribution in [-0.2, 0) is 0 Å². The van der Waals surface area contributed by atoms with Crippen molar-refractivity contribution in [3.63, 3.8) is 0 Å². The van der Waals surface area contributed by atoms with Gasteiger partial charge in [0, 0.05) is 47.2 Å². The smallest absolute Gasteiger partial charge is 0.125 e. The first-order valence-electron chi connectivity index (χ1n) is 7.74. The molecule has 0 saturated carbocycles. The van der Waals surface area contributed by atoms with Gasteiger partial charge in [0.25, 0.3) is 0 Å². The fourth-order valence-electron chi connectivity index (χ4n) is 3.03. The van der Waals surface area contributed by atoms with Gasteiger partial charge in [-0.2, -0.15) is 0 Å². The molecule has 0 unspecified atom stereocenters. The average molecular weight is 305 g/mol. The zero-order valence-electron chi connectivity index (χ0n) is 12.6. The fourth-order valence-corrected chi connectivity index (χ4v) is 3.03. The van der Waals surface area contributed by atoms with E-state index in [0.717, 1.165) is 47.1 Å². The van der Waals surface area contributed by atoms with Crippen LogP contribution < -0.4 is 0 Å². The molecule has 0 amide bonds. The lowest BCUT2D eigenvalue weighted by atomic mass is 9.95. The van der Waals surface area contributed by atoms with E-state index >= 15 is 0 Å². The Morgan fingerprint density at radius 1 is 1.22 bits per heavy atom. The number of hydrogen-bond donors (Lipinski definition) is 1. The lowest BCUT2D eigenvalue weighted by Gasteiger charge is -2.16. The van der Waals surface area contributed by atoms with Crippen LogP contribution in [0.15, 0.2) is 59.5 Å². The molecule has 114 valence electrons. The third kappa shape index (κ3) is 2.68. The predicted molar refractivity (Wildman–Crippen MR) is 91.1 cm³/mol. The minimum Gasteiger partial charge on any atom is -0.360 e. The number of benzene rings is 1. The molecule has 0 radical (unpaired) electrons. The third-order valence-electron chi connectivity index (χ3n) is 4.12. The first kappa shape index (κ1) is 13.9. The maximum absolute atomic E-state index is 13.3. The van der Waals surface area contributed by atoms with Gasteiger partial charge in [0.2, 0.25) is 0 Å². The number of hydrogen-bond acceptors (Lipinski definition) is 2. The first-order chi connectivity index (χ1) is 11.3. The summed E-state index contributed by atoms with van der Waals surface area (Å²) in [5.41, 5.74) is 5.14. The van der Waals surface area contributed by atoms with Crippen LogP contribution in [0, 0.1) is 5.82 Å². The number of allylic oxidation sites excluding steroid dienone is 1. The van der Waals surface area contributed by atoms with Gasteiger partial charge in [-0.25, -0.2) is 4.39 Å². The maximum atomic E-state index is 13.3. The summed E-state index contributed by atoms with van der Waals surface area (Å²) < 4.78 is 13.3. The molecule has 1 aromatic carbocycles. The highest BCUT2D eigenvalue weighted by Crippen LogP contribution is 2.26. The lowest BCUT2D eigenvalue weighted by molar-refractivity contribution is 0.629. The average Bonchev–Trinajstić information content (AvgIpc) is 2.98. The number of halogens is 1. The van der Waals surface area contributed by atoms with Crippen molar-refractivity contribution in [1.29, 1.82) is 0 Å². The van der Waals surface area contributed by atoms with Gasteiger partial charge >= 0.3 is 0 Å². The highest BCUT2D eigenvalue weighted by Gasteiger charge is 2.15. The van der Waals surface area contributed by atoms with E-state index in [2.05, 4.69) is 16.0 Å². The van der Waals surface area contributed by atoms with Crippen LogP contribution in [0.25, 0.3) is 17.0 Å². The van der Waals surface area contributed by atoms with Gasteiger partial charge in [0.1, 0.15) is 5.82 Å². The van der Waals surface area contributed by atoms with Crippen molar-refractivity contribution in [3.05, 3.63) is 71.4 Å². The Labute approximate surface area is 133 Å². The summed E-state index contributed by atoms with van der Waals surface area (Å²) in [6.07, 6.45) is 9.73. The number of aromatic nitrogens is 2. The van der Waals surface area contributed by atoms with E-state index < -0.39 is 0 Å². The van der Waals surface area contributed by atoms with E-state index in [4.69, 9.17) is 4.99 Å². The molecular weight excluding hydrogens is 289 g/mol. The summed E-state index contributed by atoms with van der Waals surface area (Å²) in [6.45, 7) is 0.848. The Morgan fingerprint density at radius 3 is 3.04 bits per heavy atom. The third-order valence-corrected chi connectivity index (χ3v) is 4.12.